The molecule has 10 nitrogen and oxygen atoms in total. The first-order valence-electron chi connectivity index (χ1n) is 11.5. The molecule has 1 fully saturated rings. The number of carbonyl (C=O) groups excluding carboxylic acids is 1. The van der Waals surface area contributed by atoms with Crippen molar-refractivity contribution in [1.29, 1.82) is 0 Å². The van der Waals surface area contributed by atoms with Crippen LogP contribution in [0.5, 0.6) is 0 Å². The van der Waals surface area contributed by atoms with Gasteiger partial charge in [-0.15, -0.1) is 0 Å². The van der Waals surface area contributed by atoms with E-state index in [4.69, 9.17) is 10.7 Å². The van der Waals surface area contributed by atoms with Crippen LogP contribution in [0.15, 0.2) is 30.3 Å². The van der Waals surface area contributed by atoms with Gasteiger partial charge in [-0.1, -0.05) is 33.8 Å². The third-order valence-corrected chi connectivity index (χ3v) is 6.66. The van der Waals surface area contributed by atoms with Crippen molar-refractivity contribution in [2.24, 2.45) is 5.92 Å². The first-order chi connectivity index (χ1) is 16.6. The van der Waals surface area contributed by atoms with Gasteiger partial charge in [0.05, 0.1) is 22.5 Å². The maximum absolute atomic E-state index is 13.9. The number of nitrogen functional groups attached to an aromatic ring is 1. The number of carbonyl (C=O) groups is 2. The minimum atomic E-state index is -3.01. The van der Waals surface area contributed by atoms with Gasteiger partial charge in [0.25, 0.3) is 5.91 Å². The van der Waals surface area contributed by atoms with Gasteiger partial charge in [-0.05, 0) is 56.0 Å². The molecule has 0 aromatic carbocycles. The molecule has 1 saturated heterocycles. The maximum atomic E-state index is 13.9. The van der Waals surface area contributed by atoms with Crippen molar-refractivity contribution in [3.05, 3.63) is 47.2 Å². The van der Waals surface area contributed by atoms with Gasteiger partial charge in [-0.2, -0.15) is 0 Å². The summed E-state index contributed by atoms with van der Waals surface area (Å²) < 4.78 is 25.1. The van der Waals surface area contributed by atoms with Crippen LogP contribution in [0.2, 0.25) is 0 Å². The van der Waals surface area contributed by atoms with Crippen LogP contribution >= 0.6 is 0 Å². The monoisotopic (exact) mass is 514 g/mol. The fraction of sp³-hybridized carbons (Fsp3) is 0.440. The number of carboxylic acid groups (broad SMARTS) is 1. The summed E-state index contributed by atoms with van der Waals surface area (Å²) in [6.07, 6.45) is 3.18. The molecule has 1 unspecified atom stereocenters. The Morgan fingerprint density at radius 3 is 2.47 bits per heavy atom. The number of rotatable bonds is 6. The molecule has 0 spiro atoms. The van der Waals surface area contributed by atoms with Gasteiger partial charge in [0.15, 0.2) is 0 Å². The van der Waals surface area contributed by atoms with E-state index >= 15 is 0 Å². The summed E-state index contributed by atoms with van der Waals surface area (Å²) in [4.78, 5) is 36.1. The molecule has 1 aliphatic heterocycles. The Bertz CT molecular complexity index is 1240. The Balaban J connectivity index is 2.33. The zero-order valence-electron chi connectivity index (χ0n) is 21.3. The highest BCUT2D eigenvalue weighted by atomic mass is 32.2. The van der Waals surface area contributed by atoms with Crippen LogP contribution in [-0.2, 0) is 21.5 Å². The lowest BCUT2D eigenvalue weighted by molar-refractivity contribution is -0.131. The minimum absolute atomic E-state index is 0.0173. The standard InChI is InChI=1S/C25H33N5O5S/c1-15-13-25(5,6)29(14-15)22-17(12-16(10-11-20(31)32)21(28-22)24(2,3)4)23(33)30(36(34)35)19-9-7-8-18(26)27-19/h7-12,15H,13-14H2,1-6H3,(H2,26,27)(H,31,32)(H,34,35)/p-1/b11-10+/t15-/m0/s1. The number of hydrogen-bond donors (Lipinski definition) is 2. The highest BCUT2D eigenvalue weighted by molar-refractivity contribution is 7.81. The van der Waals surface area contributed by atoms with Crippen LogP contribution in [0.25, 0.3) is 6.08 Å². The molecule has 3 rings (SSSR count). The summed E-state index contributed by atoms with van der Waals surface area (Å²) in [5, 5.41) is 9.22. The quantitative estimate of drug-likeness (QED) is 0.435. The highest BCUT2D eigenvalue weighted by Gasteiger charge is 2.40. The third-order valence-electron chi connectivity index (χ3n) is 6.00. The molecule has 194 valence electrons. The number of nitrogens with zero attached hydrogens (tertiary/aromatic N) is 4. The van der Waals surface area contributed by atoms with Gasteiger partial charge in [0.2, 0.25) is 0 Å². The molecule has 0 aliphatic carbocycles. The van der Waals surface area contributed by atoms with E-state index in [9.17, 15) is 23.5 Å². The lowest BCUT2D eigenvalue weighted by Gasteiger charge is -2.36. The molecule has 3 heterocycles. The van der Waals surface area contributed by atoms with Crippen molar-refractivity contribution < 1.29 is 23.5 Å². The molecule has 11 heteroatoms. The summed E-state index contributed by atoms with van der Waals surface area (Å²) in [6, 6.07) is 5.86. The Morgan fingerprint density at radius 2 is 1.97 bits per heavy atom. The number of pyridine rings is 2. The second-order valence-corrected chi connectivity index (χ2v) is 11.5. The molecular weight excluding hydrogens is 482 g/mol. The van der Waals surface area contributed by atoms with Gasteiger partial charge in [-0.25, -0.2) is 19.1 Å². The molecule has 2 atom stereocenters. The average molecular weight is 515 g/mol. The van der Waals surface area contributed by atoms with Crippen LogP contribution in [0.3, 0.4) is 0 Å². The summed E-state index contributed by atoms with van der Waals surface area (Å²) >= 11 is -3.01. The van der Waals surface area contributed by atoms with E-state index in [1.54, 1.807) is 0 Å². The minimum Gasteiger partial charge on any atom is -0.755 e. The van der Waals surface area contributed by atoms with Gasteiger partial charge < -0.3 is 20.3 Å². The Labute approximate surface area is 213 Å². The van der Waals surface area contributed by atoms with E-state index < -0.39 is 28.6 Å². The Hall–Kier alpha value is -3.31. The van der Waals surface area contributed by atoms with E-state index in [0.717, 1.165) is 12.5 Å². The number of amides is 1. The molecule has 0 bridgehead atoms. The van der Waals surface area contributed by atoms with Gasteiger partial charge in [0.1, 0.15) is 17.5 Å². The van der Waals surface area contributed by atoms with E-state index in [0.29, 0.717) is 33.8 Å². The molecule has 1 amide bonds. The molecule has 36 heavy (non-hydrogen) atoms. The van der Waals surface area contributed by atoms with Crippen molar-refractivity contribution >= 4 is 46.7 Å². The maximum Gasteiger partial charge on any atom is 0.328 e. The SMILES string of the molecule is C[C@@H]1CN(c2nc(C(C)(C)C)c(/C=C/C(=O)O)cc2C(=O)N(c2cccc(N)n2)S(=O)[O-])C(C)(C)C1. The summed E-state index contributed by atoms with van der Waals surface area (Å²) in [7, 11) is 0. The smallest absolute Gasteiger partial charge is 0.328 e. The lowest BCUT2D eigenvalue weighted by Crippen LogP contribution is -2.42. The van der Waals surface area contributed by atoms with Crippen molar-refractivity contribution in [2.75, 3.05) is 21.5 Å². The molecule has 3 N–H and O–H groups in total. The van der Waals surface area contributed by atoms with Crippen LogP contribution in [0.1, 0.15) is 69.6 Å². The number of carboxylic acids is 1. The lowest BCUT2D eigenvalue weighted by atomic mass is 9.87. The highest BCUT2D eigenvalue weighted by Crippen LogP contribution is 2.40. The second kappa shape index (κ2) is 9.98. The largest absolute Gasteiger partial charge is 0.755 e. The van der Waals surface area contributed by atoms with Crippen LogP contribution in [0, 0.1) is 5.92 Å². The average Bonchev–Trinajstić information content (AvgIpc) is 3.02. The number of hydrogen-bond acceptors (Lipinski definition) is 8. The summed E-state index contributed by atoms with van der Waals surface area (Å²) in [6.45, 7) is 12.6. The molecule has 2 aromatic heterocycles. The topological polar surface area (TPSA) is 153 Å². The third kappa shape index (κ3) is 5.73. The number of anilines is 3. The molecule has 1 aliphatic rings. The van der Waals surface area contributed by atoms with Crippen LogP contribution < -0.4 is 14.9 Å². The Morgan fingerprint density at radius 1 is 1.31 bits per heavy atom. The molecule has 0 saturated carbocycles. The van der Waals surface area contributed by atoms with Crippen LogP contribution in [-0.4, -0.2) is 47.8 Å². The van der Waals surface area contributed by atoms with Gasteiger partial charge in [0, 0.05) is 23.6 Å². The predicted molar refractivity (Wildman–Crippen MR) is 139 cm³/mol. The summed E-state index contributed by atoms with van der Waals surface area (Å²) in [5.74, 6) is -1.48. The molecular formula is C25H32N5O5S-. The van der Waals surface area contributed by atoms with Gasteiger partial charge in [-0.3, -0.25) is 9.00 Å². The first kappa shape index (κ1) is 27.3. The van der Waals surface area contributed by atoms with E-state index in [2.05, 4.69) is 11.9 Å². The van der Waals surface area contributed by atoms with E-state index in [-0.39, 0.29) is 22.7 Å². The van der Waals surface area contributed by atoms with E-state index in [1.807, 2.05) is 39.5 Å². The zero-order valence-corrected chi connectivity index (χ0v) is 22.1. The van der Waals surface area contributed by atoms with Crippen molar-refractivity contribution in [1.82, 2.24) is 9.97 Å². The van der Waals surface area contributed by atoms with Crippen molar-refractivity contribution in [3.8, 4) is 0 Å². The predicted octanol–water partition coefficient (Wildman–Crippen LogP) is 3.52. The zero-order chi connectivity index (χ0) is 27.0. The first-order valence-corrected chi connectivity index (χ1v) is 12.6. The molecule has 0 radical (unpaired) electrons. The second-order valence-electron chi connectivity index (χ2n) is 10.7. The summed E-state index contributed by atoms with van der Waals surface area (Å²) in [5.41, 5.74) is 5.89. The number of aromatic nitrogens is 2. The fourth-order valence-corrected chi connectivity index (χ4v) is 5.13. The van der Waals surface area contributed by atoms with Crippen molar-refractivity contribution in [3.63, 3.8) is 0 Å². The Kier molecular flexibility index (Phi) is 7.56. The van der Waals surface area contributed by atoms with E-state index in [1.165, 1.54) is 30.3 Å². The van der Waals surface area contributed by atoms with Gasteiger partial charge >= 0.3 is 5.97 Å². The number of nitrogens with two attached hydrogens (primary N) is 1. The number of aliphatic carboxylic acids is 1. The fourth-order valence-electron chi connectivity index (χ4n) is 4.64. The van der Waals surface area contributed by atoms with Crippen LogP contribution in [0.4, 0.5) is 17.5 Å². The molecule has 2 aromatic rings. The van der Waals surface area contributed by atoms with Crippen molar-refractivity contribution in [2.45, 2.75) is 58.9 Å². The normalized spacial score (nSPS) is 18.4.